The maximum atomic E-state index is 13.3. The zero-order valence-electron chi connectivity index (χ0n) is 17.3. The second kappa shape index (κ2) is 7.98. The molecule has 0 unspecified atom stereocenters. The summed E-state index contributed by atoms with van der Waals surface area (Å²) in [5, 5.41) is 11.2. The first-order valence-electron chi connectivity index (χ1n) is 10.2. The highest BCUT2D eigenvalue weighted by Gasteiger charge is 2.53. The van der Waals surface area contributed by atoms with Crippen molar-refractivity contribution < 1.29 is 13.5 Å². The summed E-state index contributed by atoms with van der Waals surface area (Å²) in [6.45, 7) is 5.16. The average molecular weight is 426 g/mol. The molecule has 3 aromatic rings. The van der Waals surface area contributed by atoms with Crippen LogP contribution in [0.3, 0.4) is 0 Å². The van der Waals surface area contributed by atoms with E-state index in [1.54, 1.807) is 31.2 Å². The van der Waals surface area contributed by atoms with E-state index in [4.69, 9.17) is 0 Å². The fourth-order valence-corrected chi connectivity index (χ4v) is 6.36. The summed E-state index contributed by atoms with van der Waals surface area (Å²) in [5.41, 5.74) is 1.20. The minimum atomic E-state index is -3.69. The molecule has 0 spiro atoms. The third-order valence-electron chi connectivity index (χ3n) is 5.79. The normalized spacial score (nSPS) is 23.3. The van der Waals surface area contributed by atoms with Crippen molar-refractivity contribution >= 4 is 26.6 Å². The molecule has 2 atom stereocenters. The molecule has 158 valence electrons. The van der Waals surface area contributed by atoms with Crippen LogP contribution in [-0.2, 0) is 16.6 Å². The molecule has 7 heteroatoms. The number of aromatic nitrogens is 1. The number of hydrogen-bond acceptors (Lipinski definition) is 5. The molecule has 1 aromatic heterocycles. The van der Waals surface area contributed by atoms with Crippen LogP contribution in [0.4, 0.5) is 5.69 Å². The number of pyridine rings is 1. The van der Waals surface area contributed by atoms with E-state index < -0.39 is 20.9 Å². The monoisotopic (exact) mass is 425 g/mol. The summed E-state index contributed by atoms with van der Waals surface area (Å²) in [7, 11) is -3.69. The molecule has 1 aliphatic rings. The molecule has 1 saturated heterocycles. The third-order valence-corrected chi connectivity index (χ3v) is 8.12. The molecule has 0 radical (unpaired) electrons. The smallest absolute Gasteiger partial charge is 0.242 e. The zero-order valence-corrected chi connectivity index (χ0v) is 18.1. The quantitative estimate of drug-likeness (QED) is 0.657. The van der Waals surface area contributed by atoms with Gasteiger partial charge < -0.3 is 5.11 Å². The van der Waals surface area contributed by atoms with Gasteiger partial charge in [0, 0.05) is 24.7 Å². The van der Waals surface area contributed by atoms with Crippen molar-refractivity contribution in [2.75, 3.05) is 23.9 Å². The molecule has 1 N–H and O–H groups in total. The fourth-order valence-electron chi connectivity index (χ4n) is 4.08. The van der Waals surface area contributed by atoms with E-state index in [1.165, 1.54) is 4.31 Å². The lowest BCUT2D eigenvalue weighted by Gasteiger charge is -2.28. The van der Waals surface area contributed by atoms with Gasteiger partial charge in [-0.3, -0.25) is 14.2 Å². The van der Waals surface area contributed by atoms with E-state index in [0.29, 0.717) is 18.8 Å². The van der Waals surface area contributed by atoms with Gasteiger partial charge in [-0.2, -0.15) is 0 Å². The largest absolute Gasteiger partial charge is 0.387 e. The van der Waals surface area contributed by atoms with Crippen molar-refractivity contribution in [3.8, 4) is 0 Å². The first kappa shape index (κ1) is 20.8. The van der Waals surface area contributed by atoms with Crippen molar-refractivity contribution in [3.05, 3.63) is 72.4 Å². The summed E-state index contributed by atoms with van der Waals surface area (Å²) < 4.78 is 28.0. The molecule has 1 fully saturated rings. The van der Waals surface area contributed by atoms with Gasteiger partial charge in [-0.15, -0.1) is 0 Å². The van der Waals surface area contributed by atoms with Gasteiger partial charge in [-0.25, -0.2) is 8.42 Å². The molecule has 0 amide bonds. The van der Waals surface area contributed by atoms with Crippen LogP contribution in [0.15, 0.2) is 66.9 Å². The summed E-state index contributed by atoms with van der Waals surface area (Å²) in [5.74, 6) is 0. The van der Waals surface area contributed by atoms with Crippen molar-refractivity contribution in [2.45, 2.75) is 31.2 Å². The molecule has 6 nitrogen and oxygen atoms in total. The second-order valence-corrected chi connectivity index (χ2v) is 10.1. The van der Waals surface area contributed by atoms with Crippen molar-refractivity contribution in [2.24, 2.45) is 0 Å². The third kappa shape index (κ3) is 3.93. The predicted octanol–water partition coefficient (Wildman–Crippen LogP) is 3.03. The highest BCUT2D eigenvalue weighted by atomic mass is 32.2. The highest BCUT2D eigenvalue weighted by Crippen LogP contribution is 2.35. The van der Waals surface area contributed by atoms with Crippen LogP contribution >= 0.6 is 0 Å². The predicted molar refractivity (Wildman–Crippen MR) is 120 cm³/mol. The lowest BCUT2D eigenvalue weighted by molar-refractivity contribution is 0.0613. The Labute approximate surface area is 177 Å². The number of sulfonamides is 1. The number of fused-ring (bicyclic) bond motifs is 1. The van der Waals surface area contributed by atoms with Gasteiger partial charge in [-0.05, 0) is 43.3 Å². The van der Waals surface area contributed by atoms with Gasteiger partial charge in [0.05, 0.1) is 17.7 Å². The van der Waals surface area contributed by atoms with Crippen LogP contribution in [-0.4, -0.2) is 53.9 Å². The molecular weight excluding hydrogens is 398 g/mol. The molecule has 4 rings (SSSR count). The van der Waals surface area contributed by atoms with Crippen LogP contribution in [0, 0.1) is 0 Å². The zero-order chi connectivity index (χ0) is 21.4. The van der Waals surface area contributed by atoms with Gasteiger partial charge in [0.2, 0.25) is 10.0 Å². The Bertz CT molecular complexity index is 1130. The van der Waals surface area contributed by atoms with E-state index in [-0.39, 0.29) is 13.1 Å². The molecular formula is C23H27N3O3S. The van der Waals surface area contributed by atoms with Crippen molar-refractivity contribution in [1.29, 1.82) is 0 Å². The number of hydrogen-bond donors (Lipinski definition) is 1. The van der Waals surface area contributed by atoms with Crippen molar-refractivity contribution in [1.82, 2.24) is 9.88 Å². The number of rotatable bonds is 6. The van der Waals surface area contributed by atoms with Gasteiger partial charge in [-0.1, -0.05) is 43.3 Å². The lowest BCUT2D eigenvalue weighted by Crippen LogP contribution is -2.47. The maximum Gasteiger partial charge on any atom is 0.242 e. The Balaban J connectivity index is 1.57. The van der Waals surface area contributed by atoms with Gasteiger partial charge in [0.15, 0.2) is 0 Å². The summed E-state index contributed by atoms with van der Waals surface area (Å²) in [6.07, 6.45) is 1.84. The number of aliphatic hydroxyl groups is 1. The van der Waals surface area contributed by atoms with Crippen molar-refractivity contribution in [3.63, 3.8) is 0 Å². The Morgan fingerprint density at radius 1 is 1.17 bits per heavy atom. The van der Waals surface area contributed by atoms with E-state index >= 15 is 0 Å². The number of anilines is 1. The minimum Gasteiger partial charge on any atom is -0.387 e. The lowest BCUT2D eigenvalue weighted by atomic mass is 10.0. The topological polar surface area (TPSA) is 73.7 Å². The van der Waals surface area contributed by atoms with E-state index in [1.807, 2.05) is 43.5 Å². The molecule has 0 aliphatic carbocycles. The number of benzene rings is 2. The van der Waals surface area contributed by atoms with Gasteiger partial charge in [0.1, 0.15) is 10.9 Å². The minimum absolute atomic E-state index is 0.0547. The highest BCUT2D eigenvalue weighted by molar-refractivity contribution is 7.93. The molecule has 1 aliphatic heterocycles. The molecule has 30 heavy (non-hydrogen) atoms. The first-order chi connectivity index (χ1) is 14.3. The molecule has 2 heterocycles. The number of nitrogens with zero attached hydrogens (tertiary/aromatic N) is 3. The summed E-state index contributed by atoms with van der Waals surface area (Å²) >= 11 is 0. The van der Waals surface area contributed by atoms with Crippen LogP contribution in [0.25, 0.3) is 10.9 Å². The van der Waals surface area contributed by atoms with Crippen LogP contribution < -0.4 is 4.31 Å². The van der Waals surface area contributed by atoms with E-state index in [2.05, 4.69) is 16.0 Å². The molecule has 0 bridgehead atoms. The fraction of sp³-hybridized carbons (Fsp3) is 0.348. The maximum absolute atomic E-state index is 13.3. The summed E-state index contributed by atoms with van der Waals surface area (Å²) in [4.78, 5) is 6.56. The Morgan fingerprint density at radius 2 is 1.87 bits per heavy atom. The SMILES string of the molecule is CCN(Cc1cnc2ccccc2c1)C[C@@H]1[C@](C)(O)CN(c2ccccc2)S1(=O)=O. The van der Waals surface area contributed by atoms with E-state index in [0.717, 1.165) is 16.5 Å². The van der Waals surface area contributed by atoms with Gasteiger partial charge >= 0.3 is 0 Å². The first-order valence-corrected chi connectivity index (χ1v) is 11.7. The van der Waals surface area contributed by atoms with Crippen LogP contribution in [0.5, 0.6) is 0 Å². The Hall–Kier alpha value is -2.48. The second-order valence-electron chi connectivity index (χ2n) is 8.10. The Kier molecular flexibility index (Phi) is 5.53. The van der Waals surface area contributed by atoms with Crippen LogP contribution in [0.1, 0.15) is 19.4 Å². The Morgan fingerprint density at radius 3 is 2.60 bits per heavy atom. The molecule has 0 saturated carbocycles. The standard InChI is InChI=1S/C23H27N3O3S/c1-3-25(15-18-13-19-9-7-8-12-21(19)24-14-18)16-22-23(2,27)17-26(30(22,28)29)20-10-5-4-6-11-20/h4-14,22,27H,3,15-17H2,1-2H3/t22-,23-/m1/s1. The van der Waals surface area contributed by atoms with Crippen LogP contribution in [0.2, 0.25) is 0 Å². The average Bonchev–Trinajstić information content (AvgIpc) is 2.93. The number of β-amino-alcohol motifs (C(OH)–C–C–N with tert-alkyl or cyclic N) is 1. The molecule has 2 aromatic carbocycles. The van der Waals surface area contributed by atoms with E-state index in [9.17, 15) is 13.5 Å². The summed E-state index contributed by atoms with van der Waals surface area (Å²) in [6, 6.07) is 19.0. The number of para-hydroxylation sites is 2. The van der Waals surface area contributed by atoms with Gasteiger partial charge in [0.25, 0.3) is 0 Å².